The second-order valence-corrected chi connectivity index (χ2v) is 5.76. The lowest BCUT2D eigenvalue weighted by Crippen LogP contribution is -2.05. The van der Waals surface area contributed by atoms with Gasteiger partial charge in [-0.3, -0.25) is 4.40 Å². The fourth-order valence-corrected chi connectivity index (χ4v) is 2.89. The van der Waals surface area contributed by atoms with Gasteiger partial charge in [-0.05, 0) is 31.3 Å². The molecule has 2 aromatic rings. The van der Waals surface area contributed by atoms with E-state index in [9.17, 15) is 0 Å². The van der Waals surface area contributed by atoms with E-state index in [1.165, 1.54) is 18.4 Å². The number of imidazole rings is 1. The van der Waals surface area contributed by atoms with E-state index in [2.05, 4.69) is 34.3 Å². The van der Waals surface area contributed by atoms with E-state index in [0.717, 1.165) is 29.9 Å². The summed E-state index contributed by atoms with van der Waals surface area (Å²) in [4.78, 5) is 8.84. The zero-order valence-electron chi connectivity index (χ0n) is 11.4. The zero-order chi connectivity index (χ0) is 13.4. The molecule has 0 amide bonds. The van der Waals surface area contributed by atoms with Crippen LogP contribution in [-0.2, 0) is 0 Å². The van der Waals surface area contributed by atoms with Crippen LogP contribution in [0.2, 0.25) is 5.15 Å². The smallest absolute Gasteiger partial charge is 0.154 e. The zero-order valence-corrected chi connectivity index (χ0v) is 12.1. The van der Waals surface area contributed by atoms with Crippen LogP contribution >= 0.6 is 11.6 Å². The van der Waals surface area contributed by atoms with E-state index >= 15 is 0 Å². The number of fused-ring (bicyclic) bond motifs is 1. The number of hydrogen-bond acceptors (Lipinski definition) is 2. The second-order valence-electron chi connectivity index (χ2n) is 5.40. The summed E-state index contributed by atoms with van der Waals surface area (Å²) in [6, 6.07) is 0. The molecule has 0 unspecified atom stereocenters. The predicted molar refractivity (Wildman–Crippen MR) is 78.5 cm³/mol. The van der Waals surface area contributed by atoms with Crippen molar-refractivity contribution in [3.05, 3.63) is 35.1 Å². The fraction of sp³-hybridized carbons (Fsp3) is 0.467. The molecule has 0 radical (unpaired) electrons. The Labute approximate surface area is 118 Å². The number of allylic oxidation sites excluding steroid dienone is 2. The van der Waals surface area contributed by atoms with E-state index in [4.69, 9.17) is 11.6 Å². The summed E-state index contributed by atoms with van der Waals surface area (Å²) in [5, 5.41) is 0.527. The van der Waals surface area contributed by atoms with Gasteiger partial charge in [-0.1, -0.05) is 31.5 Å². The van der Waals surface area contributed by atoms with Gasteiger partial charge in [0.05, 0.1) is 18.1 Å². The summed E-state index contributed by atoms with van der Waals surface area (Å²) < 4.78 is 2.18. The first kappa shape index (κ1) is 12.7. The van der Waals surface area contributed by atoms with E-state index in [-0.39, 0.29) is 0 Å². The number of aromatic nitrogens is 3. The van der Waals surface area contributed by atoms with Crippen LogP contribution in [0.3, 0.4) is 0 Å². The van der Waals surface area contributed by atoms with Crippen molar-refractivity contribution >= 4 is 22.7 Å². The molecular weight excluding hydrogens is 258 g/mol. The molecule has 1 aliphatic rings. The minimum absolute atomic E-state index is 0.365. The molecule has 19 heavy (non-hydrogen) atoms. The van der Waals surface area contributed by atoms with Gasteiger partial charge in [0.15, 0.2) is 5.15 Å². The summed E-state index contributed by atoms with van der Waals surface area (Å²) >= 11 is 6.19. The van der Waals surface area contributed by atoms with E-state index in [1.54, 1.807) is 0 Å². The van der Waals surface area contributed by atoms with E-state index in [0.29, 0.717) is 11.1 Å². The monoisotopic (exact) mass is 275 g/mol. The Kier molecular flexibility index (Phi) is 3.31. The normalized spacial score (nSPS) is 16.1. The number of rotatable bonds is 2. The molecule has 0 N–H and O–H groups in total. The van der Waals surface area contributed by atoms with Crippen molar-refractivity contribution in [1.29, 1.82) is 0 Å². The molecule has 0 bridgehead atoms. The van der Waals surface area contributed by atoms with Crippen molar-refractivity contribution in [2.75, 3.05) is 0 Å². The third-order valence-corrected chi connectivity index (χ3v) is 3.97. The van der Waals surface area contributed by atoms with Crippen LogP contribution in [0, 0.1) is 0 Å². The molecule has 0 atom stereocenters. The molecule has 0 fully saturated rings. The molecular formula is C15H18ClN3. The lowest BCUT2D eigenvalue weighted by Gasteiger charge is -2.16. The highest BCUT2D eigenvalue weighted by atomic mass is 35.5. The van der Waals surface area contributed by atoms with E-state index in [1.807, 2.05) is 12.4 Å². The summed E-state index contributed by atoms with van der Waals surface area (Å²) in [5.41, 5.74) is 3.44. The molecule has 100 valence electrons. The van der Waals surface area contributed by atoms with Crippen LogP contribution < -0.4 is 0 Å². The molecule has 2 heterocycles. The minimum atomic E-state index is 0.365. The van der Waals surface area contributed by atoms with Crippen LogP contribution in [0.4, 0.5) is 0 Å². The molecule has 4 heteroatoms. The van der Waals surface area contributed by atoms with Crippen LogP contribution in [0.25, 0.3) is 11.1 Å². The van der Waals surface area contributed by atoms with Crippen molar-refractivity contribution in [3.8, 4) is 0 Å². The van der Waals surface area contributed by atoms with Crippen LogP contribution in [-0.4, -0.2) is 14.4 Å². The third kappa shape index (κ3) is 2.16. The van der Waals surface area contributed by atoms with Crippen molar-refractivity contribution < 1.29 is 0 Å². The van der Waals surface area contributed by atoms with Crippen LogP contribution in [0.5, 0.6) is 0 Å². The summed E-state index contributed by atoms with van der Waals surface area (Å²) in [7, 11) is 0. The highest BCUT2D eigenvalue weighted by Gasteiger charge is 2.17. The summed E-state index contributed by atoms with van der Waals surface area (Å²) in [6.45, 7) is 4.31. The van der Waals surface area contributed by atoms with Crippen molar-refractivity contribution in [3.63, 3.8) is 0 Å². The molecule has 0 spiro atoms. The Balaban J connectivity index is 2.26. The molecule has 3 rings (SSSR count). The SMILES string of the molecule is CC(C)c1ncc2c(Cl)ncc(C3=CCCCC3)n12. The van der Waals surface area contributed by atoms with Crippen LogP contribution in [0.1, 0.15) is 57.0 Å². The average molecular weight is 276 g/mol. The Morgan fingerprint density at radius 1 is 1.21 bits per heavy atom. The molecule has 0 aromatic carbocycles. The summed E-state index contributed by atoms with van der Waals surface area (Å²) in [6.07, 6.45) is 10.9. The van der Waals surface area contributed by atoms with Gasteiger partial charge in [0.2, 0.25) is 0 Å². The first-order valence-electron chi connectivity index (χ1n) is 6.89. The maximum atomic E-state index is 6.19. The largest absolute Gasteiger partial charge is 0.292 e. The Bertz CT molecular complexity index is 640. The molecule has 0 aliphatic heterocycles. The van der Waals surface area contributed by atoms with Gasteiger partial charge in [-0.15, -0.1) is 0 Å². The highest BCUT2D eigenvalue weighted by Crippen LogP contribution is 2.30. The fourth-order valence-electron chi connectivity index (χ4n) is 2.71. The molecule has 3 nitrogen and oxygen atoms in total. The number of nitrogens with zero attached hydrogens (tertiary/aromatic N) is 3. The molecule has 1 aliphatic carbocycles. The lowest BCUT2D eigenvalue weighted by molar-refractivity contribution is 0.729. The van der Waals surface area contributed by atoms with Gasteiger partial charge in [0.25, 0.3) is 0 Å². The van der Waals surface area contributed by atoms with Crippen molar-refractivity contribution in [1.82, 2.24) is 14.4 Å². The first-order chi connectivity index (χ1) is 9.18. The minimum Gasteiger partial charge on any atom is -0.292 e. The summed E-state index contributed by atoms with van der Waals surface area (Å²) in [5.74, 6) is 1.42. The van der Waals surface area contributed by atoms with E-state index < -0.39 is 0 Å². The maximum Gasteiger partial charge on any atom is 0.154 e. The number of halogens is 1. The topological polar surface area (TPSA) is 30.2 Å². The van der Waals surface area contributed by atoms with Crippen molar-refractivity contribution in [2.45, 2.75) is 45.4 Å². The van der Waals surface area contributed by atoms with Gasteiger partial charge >= 0.3 is 0 Å². The van der Waals surface area contributed by atoms with Gasteiger partial charge < -0.3 is 0 Å². The Morgan fingerprint density at radius 3 is 2.74 bits per heavy atom. The Morgan fingerprint density at radius 2 is 2.05 bits per heavy atom. The van der Waals surface area contributed by atoms with Gasteiger partial charge in [-0.25, -0.2) is 9.97 Å². The van der Waals surface area contributed by atoms with Gasteiger partial charge in [0, 0.05) is 5.92 Å². The van der Waals surface area contributed by atoms with Gasteiger partial charge in [-0.2, -0.15) is 0 Å². The predicted octanol–water partition coefficient (Wildman–Crippen LogP) is 4.46. The standard InChI is InChI=1S/C15H18ClN3/c1-10(2)15-18-9-13-14(16)17-8-12(19(13)15)11-6-4-3-5-7-11/h6,8-10H,3-5,7H2,1-2H3. The highest BCUT2D eigenvalue weighted by molar-refractivity contribution is 6.32. The molecule has 0 saturated carbocycles. The van der Waals surface area contributed by atoms with Crippen LogP contribution in [0.15, 0.2) is 18.5 Å². The lowest BCUT2D eigenvalue weighted by atomic mass is 9.97. The third-order valence-electron chi connectivity index (χ3n) is 3.68. The van der Waals surface area contributed by atoms with Gasteiger partial charge in [0.1, 0.15) is 11.3 Å². The number of hydrogen-bond donors (Lipinski definition) is 0. The second kappa shape index (κ2) is 4.97. The molecule has 0 saturated heterocycles. The first-order valence-corrected chi connectivity index (χ1v) is 7.27. The quantitative estimate of drug-likeness (QED) is 0.810. The van der Waals surface area contributed by atoms with Crippen molar-refractivity contribution in [2.24, 2.45) is 0 Å². The Hall–Kier alpha value is -1.35. The molecule has 2 aromatic heterocycles. The maximum absolute atomic E-state index is 6.19. The average Bonchev–Trinajstić information content (AvgIpc) is 2.86.